The van der Waals surface area contributed by atoms with Crippen molar-refractivity contribution in [1.82, 2.24) is 4.31 Å². The van der Waals surface area contributed by atoms with Gasteiger partial charge in [0.15, 0.2) is 0 Å². The number of ether oxygens (including phenoxy) is 1. The van der Waals surface area contributed by atoms with Gasteiger partial charge in [0.25, 0.3) is 0 Å². The molecule has 0 aliphatic rings. The van der Waals surface area contributed by atoms with Gasteiger partial charge in [0.05, 0.1) is 5.02 Å². The third-order valence-corrected chi connectivity index (χ3v) is 6.21. The smallest absolute Gasteiger partial charge is 0.394 e. The first-order valence-electron chi connectivity index (χ1n) is 8.29. The second-order valence-corrected chi connectivity index (χ2v) is 8.43. The van der Waals surface area contributed by atoms with Crippen LogP contribution in [0.15, 0.2) is 35.2 Å². The highest BCUT2D eigenvalue weighted by molar-refractivity contribution is 7.89. The summed E-state index contributed by atoms with van der Waals surface area (Å²) in [5.74, 6) is -3.00. The molecule has 0 radical (unpaired) electrons. The fourth-order valence-corrected chi connectivity index (χ4v) is 3.92. The molecule has 2 rings (SSSR count). The van der Waals surface area contributed by atoms with Crippen LogP contribution in [-0.2, 0) is 19.6 Å². The van der Waals surface area contributed by atoms with E-state index in [1.165, 1.54) is 37.4 Å². The number of benzene rings is 2. The highest BCUT2D eigenvalue weighted by Gasteiger charge is 2.24. The largest absolute Gasteiger partial charge is 0.507 e. The van der Waals surface area contributed by atoms with E-state index in [-0.39, 0.29) is 33.6 Å². The van der Waals surface area contributed by atoms with Crippen LogP contribution >= 0.6 is 11.6 Å². The molecule has 3 N–H and O–H groups in total. The zero-order chi connectivity index (χ0) is 21.9. The standard InChI is InChI=1S/C18H19ClN2O7S/c1-4-21(3)29(26,27)15-9-12(5-6-14(15)22)28-16-10(2)7-11(8-13(16)19)20-17(23)18(24)25/h5-9,22H,4H2,1-3H3,(H,20,23)(H,24,25). The average Bonchev–Trinajstić information content (AvgIpc) is 2.64. The molecule has 0 bridgehead atoms. The van der Waals surface area contributed by atoms with Crippen molar-refractivity contribution in [3.63, 3.8) is 0 Å². The summed E-state index contributed by atoms with van der Waals surface area (Å²) in [5.41, 5.74) is 0.618. The Bertz CT molecular complexity index is 1050. The minimum atomic E-state index is -3.92. The number of nitrogens with one attached hydrogen (secondary N) is 1. The van der Waals surface area contributed by atoms with Gasteiger partial charge in [0.2, 0.25) is 10.0 Å². The first-order chi connectivity index (χ1) is 13.5. The van der Waals surface area contributed by atoms with Crippen molar-refractivity contribution in [2.75, 3.05) is 18.9 Å². The Hall–Kier alpha value is -2.82. The minimum Gasteiger partial charge on any atom is -0.507 e. The number of rotatable bonds is 6. The van der Waals surface area contributed by atoms with Gasteiger partial charge < -0.3 is 20.3 Å². The molecular weight excluding hydrogens is 424 g/mol. The molecule has 9 nitrogen and oxygen atoms in total. The lowest BCUT2D eigenvalue weighted by atomic mass is 10.2. The van der Waals surface area contributed by atoms with Crippen molar-refractivity contribution >= 4 is 39.2 Å². The zero-order valence-electron chi connectivity index (χ0n) is 15.8. The van der Waals surface area contributed by atoms with E-state index < -0.39 is 27.6 Å². The van der Waals surface area contributed by atoms with E-state index in [1.807, 2.05) is 0 Å². The molecule has 0 spiro atoms. The Morgan fingerprint density at radius 2 is 1.90 bits per heavy atom. The van der Waals surface area contributed by atoms with Crippen LogP contribution in [0, 0.1) is 6.92 Å². The Morgan fingerprint density at radius 1 is 1.24 bits per heavy atom. The number of aromatic hydroxyl groups is 1. The van der Waals surface area contributed by atoms with Crippen molar-refractivity contribution in [2.45, 2.75) is 18.7 Å². The molecule has 2 aromatic carbocycles. The number of carboxylic acids is 1. The molecule has 1 amide bonds. The van der Waals surface area contributed by atoms with Gasteiger partial charge in [-0.05, 0) is 36.8 Å². The first-order valence-corrected chi connectivity index (χ1v) is 10.1. The van der Waals surface area contributed by atoms with Gasteiger partial charge in [0.1, 0.15) is 22.1 Å². The van der Waals surface area contributed by atoms with E-state index in [0.717, 1.165) is 4.31 Å². The summed E-state index contributed by atoms with van der Waals surface area (Å²) >= 11 is 6.18. The number of carbonyl (C=O) groups is 2. The third-order valence-electron chi connectivity index (χ3n) is 3.97. The maximum atomic E-state index is 12.5. The van der Waals surface area contributed by atoms with Gasteiger partial charge in [-0.1, -0.05) is 18.5 Å². The van der Waals surface area contributed by atoms with E-state index in [2.05, 4.69) is 5.32 Å². The van der Waals surface area contributed by atoms with Crippen LogP contribution in [0.25, 0.3) is 0 Å². The molecule has 0 aliphatic carbocycles. The van der Waals surface area contributed by atoms with Crippen LogP contribution in [0.1, 0.15) is 12.5 Å². The lowest BCUT2D eigenvalue weighted by Crippen LogP contribution is -2.26. The summed E-state index contributed by atoms with van der Waals surface area (Å²) in [4.78, 5) is 21.6. The van der Waals surface area contributed by atoms with E-state index in [0.29, 0.717) is 5.56 Å². The van der Waals surface area contributed by atoms with Crippen LogP contribution in [0.3, 0.4) is 0 Å². The van der Waals surface area contributed by atoms with Gasteiger partial charge in [-0.2, -0.15) is 0 Å². The molecule has 0 unspecified atom stereocenters. The lowest BCUT2D eigenvalue weighted by molar-refractivity contribution is -0.147. The number of halogens is 1. The molecule has 11 heteroatoms. The molecule has 0 saturated carbocycles. The van der Waals surface area contributed by atoms with Crippen molar-refractivity contribution in [2.24, 2.45) is 0 Å². The Labute approximate surface area is 172 Å². The molecule has 0 fully saturated rings. The summed E-state index contributed by atoms with van der Waals surface area (Å²) in [5, 5.41) is 20.9. The second-order valence-electron chi connectivity index (χ2n) is 6.01. The first kappa shape index (κ1) is 22.5. The highest BCUT2D eigenvalue weighted by Crippen LogP contribution is 2.37. The van der Waals surface area contributed by atoms with E-state index in [4.69, 9.17) is 21.4 Å². The van der Waals surface area contributed by atoms with Crippen LogP contribution in [0.5, 0.6) is 17.2 Å². The summed E-state index contributed by atoms with van der Waals surface area (Å²) in [6, 6.07) is 6.48. The number of sulfonamides is 1. The summed E-state index contributed by atoms with van der Waals surface area (Å²) in [6.45, 7) is 3.48. The summed E-state index contributed by atoms with van der Waals surface area (Å²) in [7, 11) is -2.53. The normalized spacial score (nSPS) is 11.3. The number of phenolic OH excluding ortho intramolecular Hbond substituents is 1. The fourth-order valence-electron chi connectivity index (χ4n) is 2.34. The SMILES string of the molecule is CCN(C)S(=O)(=O)c1cc(Oc2c(C)cc(NC(=O)C(=O)O)cc2Cl)ccc1O. The molecule has 0 aliphatic heterocycles. The minimum absolute atomic E-state index is 0.0637. The average molecular weight is 443 g/mol. The number of hydrogen-bond donors (Lipinski definition) is 3. The Morgan fingerprint density at radius 3 is 2.45 bits per heavy atom. The number of nitrogens with zero attached hydrogens (tertiary/aromatic N) is 1. The molecular formula is C18H19ClN2O7S. The van der Waals surface area contributed by atoms with E-state index in [1.54, 1.807) is 13.8 Å². The van der Waals surface area contributed by atoms with Gasteiger partial charge in [-0.15, -0.1) is 0 Å². The van der Waals surface area contributed by atoms with Crippen LogP contribution in [0.2, 0.25) is 5.02 Å². The van der Waals surface area contributed by atoms with Crippen LogP contribution < -0.4 is 10.1 Å². The Kier molecular flexibility index (Phi) is 6.73. The van der Waals surface area contributed by atoms with Crippen molar-refractivity contribution in [3.05, 3.63) is 40.9 Å². The summed E-state index contributed by atoms with van der Waals surface area (Å²) in [6.07, 6.45) is 0. The fraction of sp³-hybridized carbons (Fsp3) is 0.222. The van der Waals surface area contributed by atoms with Gasteiger partial charge in [-0.3, -0.25) is 4.79 Å². The maximum absolute atomic E-state index is 12.5. The number of carbonyl (C=O) groups excluding carboxylic acids is 1. The number of hydrogen-bond acceptors (Lipinski definition) is 6. The van der Waals surface area contributed by atoms with Crippen molar-refractivity contribution in [3.8, 4) is 17.2 Å². The predicted octanol–water partition coefficient (Wildman–Crippen LogP) is 2.81. The third kappa shape index (κ3) is 4.97. The van der Waals surface area contributed by atoms with Crippen molar-refractivity contribution in [1.29, 1.82) is 0 Å². The second kappa shape index (κ2) is 8.68. The molecule has 0 atom stereocenters. The van der Waals surface area contributed by atoms with Gasteiger partial charge in [-0.25, -0.2) is 17.5 Å². The van der Waals surface area contributed by atoms with Crippen molar-refractivity contribution < 1.29 is 33.0 Å². The monoisotopic (exact) mass is 442 g/mol. The van der Waals surface area contributed by atoms with Gasteiger partial charge in [0, 0.05) is 25.3 Å². The zero-order valence-corrected chi connectivity index (χ0v) is 17.3. The maximum Gasteiger partial charge on any atom is 0.394 e. The number of anilines is 1. The summed E-state index contributed by atoms with van der Waals surface area (Å²) < 4.78 is 31.8. The number of phenols is 1. The number of amides is 1. The predicted molar refractivity (Wildman–Crippen MR) is 106 cm³/mol. The Balaban J connectivity index is 2.39. The lowest BCUT2D eigenvalue weighted by Gasteiger charge is -2.17. The topological polar surface area (TPSA) is 133 Å². The molecule has 156 valence electrons. The number of aliphatic carboxylic acids is 1. The van der Waals surface area contributed by atoms with Crippen LogP contribution in [0.4, 0.5) is 5.69 Å². The quantitative estimate of drug-likeness (QED) is 0.585. The highest BCUT2D eigenvalue weighted by atomic mass is 35.5. The van der Waals surface area contributed by atoms with Crippen LogP contribution in [-0.4, -0.2) is 48.4 Å². The molecule has 0 aromatic heterocycles. The molecule has 29 heavy (non-hydrogen) atoms. The molecule has 0 saturated heterocycles. The number of carboxylic acid groups (broad SMARTS) is 1. The molecule has 2 aromatic rings. The van der Waals surface area contributed by atoms with Gasteiger partial charge >= 0.3 is 11.9 Å². The number of aryl methyl sites for hydroxylation is 1. The van der Waals surface area contributed by atoms with E-state index in [9.17, 15) is 23.1 Å². The molecule has 0 heterocycles. The van der Waals surface area contributed by atoms with E-state index >= 15 is 0 Å².